The second-order valence-corrected chi connectivity index (χ2v) is 6.88. The topological polar surface area (TPSA) is 130 Å². The van der Waals surface area contributed by atoms with Crippen molar-refractivity contribution in [2.45, 2.75) is 26.7 Å². The van der Waals surface area contributed by atoms with Crippen LogP contribution in [0, 0.1) is 13.8 Å². The van der Waals surface area contributed by atoms with Gasteiger partial charge < -0.3 is 25.3 Å². The zero-order chi connectivity index (χ0) is 22.7. The highest BCUT2D eigenvalue weighted by Crippen LogP contribution is 2.40. The lowest BCUT2D eigenvalue weighted by atomic mass is 10.1. The second-order valence-electron chi connectivity index (χ2n) is 6.88. The van der Waals surface area contributed by atoms with Gasteiger partial charge in [-0.25, -0.2) is 9.50 Å². The van der Waals surface area contributed by atoms with Gasteiger partial charge in [0.2, 0.25) is 11.7 Å². The van der Waals surface area contributed by atoms with Crippen LogP contribution in [0.5, 0.6) is 17.2 Å². The van der Waals surface area contributed by atoms with Crippen LogP contribution >= 0.6 is 0 Å². The lowest BCUT2D eigenvalue weighted by Crippen LogP contribution is -2.15. The minimum absolute atomic E-state index is 0.188. The number of anilines is 1. The van der Waals surface area contributed by atoms with Gasteiger partial charge in [0.1, 0.15) is 5.56 Å². The average molecular weight is 427 g/mol. The molecule has 0 saturated heterocycles. The van der Waals surface area contributed by atoms with Crippen LogP contribution in [-0.2, 0) is 11.2 Å². The van der Waals surface area contributed by atoms with Gasteiger partial charge in [0.25, 0.3) is 5.91 Å². The van der Waals surface area contributed by atoms with E-state index in [2.05, 4.69) is 15.4 Å². The Morgan fingerprint density at radius 1 is 1.10 bits per heavy atom. The number of primary amides is 1. The molecule has 0 aliphatic rings. The van der Waals surface area contributed by atoms with Gasteiger partial charge in [-0.05, 0) is 25.8 Å². The Morgan fingerprint density at radius 3 is 2.29 bits per heavy atom. The number of benzene rings is 1. The molecule has 3 aromatic rings. The van der Waals surface area contributed by atoms with Gasteiger partial charge in [0.05, 0.1) is 27.5 Å². The number of carbonyl (C=O) groups is 2. The van der Waals surface area contributed by atoms with Gasteiger partial charge in [-0.15, -0.1) is 0 Å². The fourth-order valence-electron chi connectivity index (χ4n) is 3.46. The van der Waals surface area contributed by atoms with E-state index in [1.165, 1.54) is 27.5 Å². The van der Waals surface area contributed by atoms with Crippen LogP contribution < -0.4 is 25.3 Å². The molecule has 31 heavy (non-hydrogen) atoms. The smallest absolute Gasteiger partial charge is 0.254 e. The summed E-state index contributed by atoms with van der Waals surface area (Å²) in [5, 5.41) is 7.05. The lowest BCUT2D eigenvalue weighted by Gasteiger charge is -2.15. The van der Waals surface area contributed by atoms with Gasteiger partial charge in [0, 0.05) is 35.6 Å². The summed E-state index contributed by atoms with van der Waals surface area (Å²) in [7, 11) is 4.53. The standard InChI is InChI=1S/C21H25N5O5/c1-11-14(12(2)26-21(24-11)15(10-23-26)20(22)28)6-7-18(27)25-13-8-16(29-3)19(31-5)17(9-13)30-4/h8-10H,6-7H2,1-5H3,(H2,22,28)(H,25,27). The maximum Gasteiger partial charge on any atom is 0.254 e. The van der Waals surface area contributed by atoms with E-state index in [0.717, 1.165) is 11.3 Å². The van der Waals surface area contributed by atoms with Crippen molar-refractivity contribution in [3.63, 3.8) is 0 Å². The Hall–Kier alpha value is -3.82. The molecule has 10 heteroatoms. The number of rotatable bonds is 8. The number of amides is 2. The molecule has 0 atom stereocenters. The molecule has 1 aromatic carbocycles. The first-order valence-electron chi connectivity index (χ1n) is 9.54. The van der Waals surface area contributed by atoms with Crippen molar-refractivity contribution in [3.05, 3.63) is 40.8 Å². The van der Waals surface area contributed by atoms with Gasteiger partial charge in [-0.1, -0.05) is 0 Å². The Labute approximate surface area is 179 Å². The second kappa shape index (κ2) is 8.90. The molecule has 2 heterocycles. The summed E-state index contributed by atoms with van der Waals surface area (Å²) in [6.45, 7) is 3.70. The molecule has 0 saturated carbocycles. The number of aromatic nitrogens is 3. The zero-order valence-electron chi connectivity index (χ0n) is 18.1. The number of fused-ring (bicyclic) bond motifs is 1. The van der Waals surface area contributed by atoms with E-state index in [1.807, 2.05) is 13.8 Å². The highest BCUT2D eigenvalue weighted by Gasteiger charge is 2.18. The molecule has 0 aliphatic heterocycles. The minimum Gasteiger partial charge on any atom is -0.493 e. The van der Waals surface area contributed by atoms with E-state index in [9.17, 15) is 9.59 Å². The third-order valence-electron chi connectivity index (χ3n) is 5.02. The fraction of sp³-hybridized carbons (Fsp3) is 0.333. The first kappa shape index (κ1) is 21.9. The first-order valence-corrected chi connectivity index (χ1v) is 9.54. The molecule has 0 spiro atoms. The van der Waals surface area contributed by atoms with Crippen molar-refractivity contribution in [2.75, 3.05) is 26.6 Å². The van der Waals surface area contributed by atoms with Crippen LogP contribution in [0.25, 0.3) is 5.65 Å². The summed E-state index contributed by atoms with van der Waals surface area (Å²) in [6, 6.07) is 3.33. The highest BCUT2D eigenvalue weighted by atomic mass is 16.5. The van der Waals surface area contributed by atoms with E-state index in [-0.39, 0.29) is 17.9 Å². The Kier molecular flexibility index (Phi) is 6.28. The monoisotopic (exact) mass is 427 g/mol. The molecular weight excluding hydrogens is 402 g/mol. The molecule has 3 N–H and O–H groups in total. The summed E-state index contributed by atoms with van der Waals surface area (Å²) in [5.41, 5.74) is 8.98. The van der Waals surface area contributed by atoms with Crippen molar-refractivity contribution in [3.8, 4) is 17.2 Å². The predicted molar refractivity (Wildman–Crippen MR) is 114 cm³/mol. The number of hydrogen-bond donors (Lipinski definition) is 2. The van der Waals surface area contributed by atoms with Crippen LogP contribution in [0.3, 0.4) is 0 Å². The fourth-order valence-corrected chi connectivity index (χ4v) is 3.46. The van der Waals surface area contributed by atoms with Gasteiger partial charge in [0.15, 0.2) is 17.1 Å². The summed E-state index contributed by atoms with van der Waals surface area (Å²) in [4.78, 5) is 28.6. The Balaban J connectivity index is 1.78. The number of ether oxygens (including phenoxy) is 3. The van der Waals surface area contributed by atoms with Crippen molar-refractivity contribution in [1.29, 1.82) is 0 Å². The number of carbonyl (C=O) groups excluding carboxylic acids is 2. The zero-order valence-corrected chi connectivity index (χ0v) is 18.1. The van der Waals surface area contributed by atoms with E-state index in [4.69, 9.17) is 19.9 Å². The van der Waals surface area contributed by atoms with Crippen LogP contribution in [0.2, 0.25) is 0 Å². The normalized spacial score (nSPS) is 10.7. The SMILES string of the molecule is COc1cc(NC(=O)CCc2c(C)nc3c(C(N)=O)cnn3c2C)cc(OC)c1OC. The quantitative estimate of drug-likeness (QED) is 0.562. The molecule has 0 unspecified atom stereocenters. The molecule has 3 rings (SSSR count). The van der Waals surface area contributed by atoms with Crippen molar-refractivity contribution >= 4 is 23.1 Å². The number of methoxy groups -OCH3 is 3. The largest absolute Gasteiger partial charge is 0.493 e. The van der Waals surface area contributed by atoms with Crippen LogP contribution in [0.1, 0.15) is 33.7 Å². The van der Waals surface area contributed by atoms with E-state index in [0.29, 0.717) is 40.7 Å². The summed E-state index contributed by atoms with van der Waals surface area (Å²) < 4.78 is 17.5. The number of hydrogen-bond acceptors (Lipinski definition) is 7. The number of nitrogens with two attached hydrogens (primary N) is 1. The predicted octanol–water partition coefficient (Wildman–Crippen LogP) is 2.04. The minimum atomic E-state index is -0.584. The van der Waals surface area contributed by atoms with Crippen LogP contribution in [0.4, 0.5) is 5.69 Å². The molecule has 0 aliphatic carbocycles. The van der Waals surface area contributed by atoms with E-state index >= 15 is 0 Å². The third kappa shape index (κ3) is 4.23. The molecule has 2 aromatic heterocycles. The van der Waals surface area contributed by atoms with E-state index in [1.54, 1.807) is 16.6 Å². The van der Waals surface area contributed by atoms with Crippen LogP contribution in [0.15, 0.2) is 18.3 Å². The van der Waals surface area contributed by atoms with Crippen LogP contribution in [-0.4, -0.2) is 47.7 Å². The van der Waals surface area contributed by atoms with Gasteiger partial charge in [-0.2, -0.15) is 5.10 Å². The molecular formula is C21H25N5O5. The van der Waals surface area contributed by atoms with Crippen molar-refractivity contribution in [1.82, 2.24) is 14.6 Å². The number of nitrogens with zero attached hydrogens (tertiary/aromatic N) is 3. The first-order chi connectivity index (χ1) is 14.8. The molecule has 164 valence electrons. The summed E-state index contributed by atoms with van der Waals surface area (Å²) in [6.07, 6.45) is 2.07. The Bertz CT molecular complexity index is 1130. The van der Waals surface area contributed by atoms with Crippen molar-refractivity contribution < 1.29 is 23.8 Å². The third-order valence-corrected chi connectivity index (χ3v) is 5.02. The number of nitrogens with one attached hydrogen (secondary N) is 1. The maximum atomic E-state index is 12.6. The van der Waals surface area contributed by atoms with Gasteiger partial charge in [-0.3, -0.25) is 9.59 Å². The molecule has 0 bridgehead atoms. The molecule has 2 amide bonds. The van der Waals surface area contributed by atoms with Crippen molar-refractivity contribution in [2.24, 2.45) is 5.73 Å². The average Bonchev–Trinajstić information content (AvgIpc) is 3.16. The summed E-state index contributed by atoms with van der Waals surface area (Å²) in [5.74, 6) is 0.568. The highest BCUT2D eigenvalue weighted by molar-refractivity contribution is 5.98. The lowest BCUT2D eigenvalue weighted by molar-refractivity contribution is -0.116. The van der Waals surface area contributed by atoms with E-state index < -0.39 is 5.91 Å². The number of aryl methyl sites for hydroxylation is 2. The molecule has 0 fully saturated rings. The summed E-state index contributed by atoms with van der Waals surface area (Å²) >= 11 is 0. The van der Waals surface area contributed by atoms with Gasteiger partial charge >= 0.3 is 0 Å². The molecule has 10 nitrogen and oxygen atoms in total. The maximum absolute atomic E-state index is 12.6. The molecule has 0 radical (unpaired) electrons. The Morgan fingerprint density at radius 2 is 1.74 bits per heavy atom.